The van der Waals surface area contributed by atoms with Crippen LogP contribution in [-0.4, -0.2) is 12.0 Å². The minimum atomic E-state index is -0.586. The highest BCUT2D eigenvalue weighted by Crippen LogP contribution is 2.34. The molecular formula is C23H23NO2. The number of ether oxygens (including phenoxy) is 1. The second kappa shape index (κ2) is 6.58. The fraction of sp³-hybridized carbons (Fsp3) is 0.261. The van der Waals surface area contributed by atoms with Gasteiger partial charge in [-0.1, -0.05) is 56.3 Å². The van der Waals surface area contributed by atoms with E-state index in [0.717, 1.165) is 11.8 Å². The number of rotatable bonds is 4. The van der Waals surface area contributed by atoms with Gasteiger partial charge in [0.2, 0.25) is 0 Å². The van der Waals surface area contributed by atoms with Crippen molar-refractivity contribution in [2.75, 3.05) is 0 Å². The van der Waals surface area contributed by atoms with E-state index in [0.29, 0.717) is 18.1 Å². The first-order valence-electron chi connectivity index (χ1n) is 9.15. The molecule has 0 saturated heterocycles. The monoisotopic (exact) mass is 345 g/mol. The number of fused-ring (bicyclic) bond motifs is 5. The molecule has 132 valence electrons. The van der Waals surface area contributed by atoms with Crippen LogP contribution in [0.2, 0.25) is 0 Å². The third kappa shape index (κ3) is 2.99. The third-order valence-electron chi connectivity index (χ3n) is 5.00. The van der Waals surface area contributed by atoms with Gasteiger partial charge in [-0.05, 0) is 63.6 Å². The average molecular weight is 345 g/mol. The van der Waals surface area contributed by atoms with Crippen LogP contribution < -0.4 is 10.5 Å². The Labute approximate surface area is 153 Å². The first-order chi connectivity index (χ1) is 12.5. The molecule has 0 aliphatic heterocycles. The molecule has 0 heterocycles. The normalized spacial score (nSPS) is 14.2. The smallest absolute Gasteiger partial charge is 0.328 e. The molecule has 3 heteroatoms. The minimum Gasteiger partial charge on any atom is -0.425 e. The van der Waals surface area contributed by atoms with Crippen LogP contribution in [0, 0.1) is 5.92 Å². The summed E-state index contributed by atoms with van der Waals surface area (Å²) in [5.74, 6) is 0.531. The van der Waals surface area contributed by atoms with Gasteiger partial charge >= 0.3 is 5.97 Å². The van der Waals surface area contributed by atoms with Crippen LogP contribution in [0.25, 0.3) is 27.6 Å². The Balaban J connectivity index is 1.67. The van der Waals surface area contributed by atoms with Crippen LogP contribution in [0.5, 0.6) is 5.75 Å². The maximum Gasteiger partial charge on any atom is 0.328 e. The predicted octanol–water partition coefficient (Wildman–Crippen LogP) is 4.84. The second-order valence-electron chi connectivity index (χ2n) is 7.44. The van der Waals surface area contributed by atoms with Crippen molar-refractivity contribution in [2.24, 2.45) is 11.7 Å². The van der Waals surface area contributed by atoms with Crippen molar-refractivity contribution in [1.29, 1.82) is 0 Å². The number of carbonyl (C=O) groups excluding carboxylic acids is 1. The number of hydrogen-bond donors (Lipinski definition) is 1. The molecule has 0 radical (unpaired) electrons. The lowest BCUT2D eigenvalue weighted by Crippen LogP contribution is -2.35. The zero-order valence-electron chi connectivity index (χ0n) is 15.2. The summed E-state index contributed by atoms with van der Waals surface area (Å²) in [4.78, 5) is 12.2. The highest BCUT2D eigenvalue weighted by Gasteiger charge is 2.18. The van der Waals surface area contributed by atoms with Crippen LogP contribution >= 0.6 is 0 Å². The van der Waals surface area contributed by atoms with Gasteiger partial charge in [-0.15, -0.1) is 0 Å². The Hall–Kier alpha value is -2.65. The zero-order chi connectivity index (χ0) is 18.3. The first kappa shape index (κ1) is 16.8. The molecule has 2 N–H and O–H groups in total. The lowest BCUT2D eigenvalue weighted by molar-refractivity contribution is -0.136. The lowest BCUT2D eigenvalue weighted by Gasteiger charge is -2.14. The third-order valence-corrected chi connectivity index (χ3v) is 5.00. The van der Waals surface area contributed by atoms with Gasteiger partial charge in [0.25, 0.3) is 0 Å². The van der Waals surface area contributed by atoms with Crippen LogP contribution in [0.15, 0.2) is 48.5 Å². The molecule has 0 amide bonds. The predicted molar refractivity (Wildman–Crippen MR) is 107 cm³/mol. The highest BCUT2D eigenvalue weighted by molar-refractivity contribution is 6.10. The second-order valence-corrected chi connectivity index (χ2v) is 7.44. The van der Waals surface area contributed by atoms with Crippen molar-refractivity contribution < 1.29 is 9.53 Å². The van der Waals surface area contributed by atoms with Crippen LogP contribution in [0.3, 0.4) is 0 Å². The van der Waals surface area contributed by atoms with E-state index in [1.807, 2.05) is 32.0 Å². The number of allylic oxidation sites excluding steroid dienone is 1. The standard InChI is InChI=1S/C23H23NO2/c1-14(2)12-22(24)23(25)26-17-8-11-19-16(13-17)7-10-20-18-5-3-4-15(18)6-9-21(19)20/h3-4,6-11,13-14,22H,5,12,24H2,1-2H3. The van der Waals surface area contributed by atoms with E-state index >= 15 is 0 Å². The van der Waals surface area contributed by atoms with Gasteiger partial charge in [0.15, 0.2) is 0 Å². The van der Waals surface area contributed by atoms with Crippen molar-refractivity contribution >= 4 is 33.6 Å². The SMILES string of the molecule is CC(C)CC(N)C(=O)Oc1ccc2c(ccc3c4c(ccc32)C=CC4)c1. The Bertz CT molecular complexity index is 1030. The van der Waals surface area contributed by atoms with Gasteiger partial charge in [0.05, 0.1) is 0 Å². The molecule has 0 spiro atoms. The van der Waals surface area contributed by atoms with Gasteiger partial charge < -0.3 is 10.5 Å². The average Bonchev–Trinajstić information content (AvgIpc) is 3.09. The number of nitrogens with two attached hydrogens (primary N) is 1. The summed E-state index contributed by atoms with van der Waals surface area (Å²) in [6, 6.07) is 13.8. The van der Waals surface area contributed by atoms with Crippen molar-refractivity contribution in [2.45, 2.75) is 32.7 Å². The zero-order valence-corrected chi connectivity index (χ0v) is 15.2. The van der Waals surface area contributed by atoms with Crippen molar-refractivity contribution in [3.8, 4) is 5.75 Å². The Kier molecular flexibility index (Phi) is 4.25. The van der Waals surface area contributed by atoms with Crippen molar-refractivity contribution in [3.05, 3.63) is 59.7 Å². The molecule has 4 rings (SSSR count). The van der Waals surface area contributed by atoms with E-state index in [1.54, 1.807) is 0 Å². The Morgan fingerprint density at radius 1 is 1.08 bits per heavy atom. The quantitative estimate of drug-likeness (QED) is 0.418. The highest BCUT2D eigenvalue weighted by atomic mass is 16.5. The molecule has 0 saturated carbocycles. The maximum absolute atomic E-state index is 12.2. The van der Waals surface area contributed by atoms with Gasteiger partial charge in [0.1, 0.15) is 11.8 Å². The molecule has 1 atom stereocenters. The molecule has 0 aromatic heterocycles. The summed E-state index contributed by atoms with van der Waals surface area (Å²) >= 11 is 0. The van der Waals surface area contributed by atoms with E-state index < -0.39 is 6.04 Å². The number of hydrogen-bond acceptors (Lipinski definition) is 3. The minimum absolute atomic E-state index is 0.358. The summed E-state index contributed by atoms with van der Waals surface area (Å²) in [5.41, 5.74) is 8.62. The number of carbonyl (C=O) groups is 1. The molecule has 26 heavy (non-hydrogen) atoms. The summed E-state index contributed by atoms with van der Waals surface area (Å²) < 4.78 is 5.50. The van der Waals surface area contributed by atoms with E-state index in [4.69, 9.17) is 10.5 Å². The molecule has 3 aromatic rings. The van der Waals surface area contributed by atoms with Gasteiger partial charge in [-0.2, -0.15) is 0 Å². The fourth-order valence-corrected chi connectivity index (χ4v) is 3.75. The Morgan fingerprint density at radius 3 is 2.65 bits per heavy atom. The van der Waals surface area contributed by atoms with Crippen molar-refractivity contribution in [3.63, 3.8) is 0 Å². The molecule has 1 aliphatic rings. The molecule has 3 nitrogen and oxygen atoms in total. The number of benzene rings is 3. The lowest BCUT2D eigenvalue weighted by atomic mass is 9.96. The van der Waals surface area contributed by atoms with Crippen LogP contribution in [0.4, 0.5) is 0 Å². The van der Waals surface area contributed by atoms with Gasteiger partial charge in [-0.25, -0.2) is 4.79 Å². The topological polar surface area (TPSA) is 52.3 Å². The molecule has 1 unspecified atom stereocenters. The largest absolute Gasteiger partial charge is 0.425 e. The van der Waals surface area contributed by atoms with E-state index in [9.17, 15) is 4.79 Å². The fourth-order valence-electron chi connectivity index (χ4n) is 3.75. The molecule has 0 bridgehead atoms. The molecule has 1 aliphatic carbocycles. The molecular weight excluding hydrogens is 322 g/mol. The molecule has 3 aromatic carbocycles. The van der Waals surface area contributed by atoms with Gasteiger partial charge in [0, 0.05) is 0 Å². The molecule has 0 fully saturated rings. The van der Waals surface area contributed by atoms with Gasteiger partial charge in [-0.3, -0.25) is 0 Å². The number of esters is 1. The van der Waals surface area contributed by atoms with Crippen LogP contribution in [0.1, 0.15) is 31.4 Å². The van der Waals surface area contributed by atoms with E-state index in [2.05, 4.69) is 36.4 Å². The summed E-state index contributed by atoms with van der Waals surface area (Å²) in [5, 5.41) is 4.76. The summed E-state index contributed by atoms with van der Waals surface area (Å²) in [6.45, 7) is 4.08. The van der Waals surface area contributed by atoms with Crippen LogP contribution in [-0.2, 0) is 11.2 Å². The Morgan fingerprint density at radius 2 is 1.85 bits per heavy atom. The van der Waals surface area contributed by atoms with E-state index in [1.165, 1.54) is 27.3 Å². The van der Waals surface area contributed by atoms with E-state index in [-0.39, 0.29) is 5.97 Å². The van der Waals surface area contributed by atoms with Crippen molar-refractivity contribution in [1.82, 2.24) is 0 Å². The maximum atomic E-state index is 12.2. The summed E-state index contributed by atoms with van der Waals surface area (Å²) in [6.07, 6.45) is 6.00. The first-order valence-corrected chi connectivity index (χ1v) is 9.15. The summed E-state index contributed by atoms with van der Waals surface area (Å²) in [7, 11) is 0.